The number of benzene rings is 2. The predicted octanol–water partition coefficient (Wildman–Crippen LogP) is 3.20. The molecule has 1 heterocycles. The summed E-state index contributed by atoms with van der Waals surface area (Å²) in [6.45, 7) is 1.61. The topological polar surface area (TPSA) is 48.0 Å². The Labute approximate surface area is 158 Å². The van der Waals surface area contributed by atoms with Crippen molar-refractivity contribution in [1.82, 2.24) is 4.90 Å². The number of halogens is 1. The van der Waals surface area contributed by atoms with Gasteiger partial charge in [0, 0.05) is 30.6 Å². The number of hydrogen-bond donors (Lipinski definition) is 0. The molecule has 0 aromatic heterocycles. The summed E-state index contributed by atoms with van der Waals surface area (Å²) >= 11 is 6.22. The first-order valence-corrected chi connectivity index (χ1v) is 8.93. The van der Waals surface area contributed by atoms with Crippen LogP contribution in [0.25, 0.3) is 0 Å². The Morgan fingerprint density at radius 3 is 2.85 bits per heavy atom. The number of morpholine rings is 1. The van der Waals surface area contributed by atoms with Crippen LogP contribution in [0, 0.1) is 0 Å². The van der Waals surface area contributed by atoms with Gasteiger partial charge in [-0.2, -0.15) is 0 Å². The van der Waals surface area contributed by atoms with E-state index in [0.717, 1.165) is 10.6 Å². The highest BCUT2D eigenvalue weighted by Crippen LogP contribution is 2.21. The fourth-order valence-electron chi connectivity index (χ4n) is 2.91. The quantitative estimate of drug-likeness (QED) is 0.778. The number of rotatable bonds is 6. The lowest BCUT2D eigenvalue weighted by Gasteiger charge is -2.33. The minimum atomic E-state index is -0.0654. The molecule has 0 saturated carbocycles. The van der Waals surface area contributed by atoms with Crippen LogP contribution in [0.5, 0.6) is 11.5 Å². The molecule has 6 heteroatoms. The highest BCUT2D eigenvalue weighted by Gasteiger charge is 2.25. The molecule has 138 valence electrons. The van der Waals surface area contributed by atoms with Gasteiger partial charge in [0.1, 0.15) is 11.5 Å². The largest absolute Gasteiger partial charge is 0.497 e. The van der Waals surface area contributed by atoms with Gasteiger partial charge in [-0.25, -0.2) is 0 Å². The standard InChI is InChI=1S/C20H22ClNO4/c1-24-16-6-4-7-17(12-16)26-14-20(23)22-9-10-25-18(13-22)11-15-5-2-3-8-19(15)21/h2-8,12,18H,9-11,13-14H2,1H3. The van der Waals surface area contributed by atoms with Gasteiger partial charge in [-0.1, -0.05) is 35.9 Å². The molecule has 0 radical (unpaired) electrons. The molecule has 0 N–H and O–H groups in total. The van der Waals surface area contributed by atoms with Crippen molar-refractivity contribution >= 4 is 17.5 Å². The Morgan fingerprint density at radius 2 is 2.04 bits per heavy atom. The van der Waals surface area contributed by atoms with Crippen LogP contribution in [0.4, 0.5) is 0 Å². The predicted molar refractivity (Wildman–Crippen MR) is 100.0 cm³/mol. The zero-order valence-corrected chi connectivity index (χ0v) is 15.4. The summed E-state index contributed by atoms with van der Waals surface area (Å²) in [5.74, 6) is 1.25. The lowest BCUT2D eigenvalue weighted by Crippen LogP contribution is -2.47. The maximum absolute atomic E-state index is 12.5. The van der Waals surface area contributed by atoms with Gasteiger partial charge in [-0.15, -0.1) is 0 Å². The zero-order chi connectivity index (χ0) is 18.4. The second kappa shape index (κ2) is 8.92. The van der Waals surface area contributed by atoms with Crippen LogP contribution < -0.4 is 9.47 Å². The molecule has 0 spiro atoms. The molecule has 2 aromatic carbocycles. The summed E-state index contributed by atoms with van der Waals surface area (Å²) in [7, 11) is 1.59. The van der Waals surface area contributed by atoms with E-state index in [0.29, 0.717) is 37.6 Å². The number of methoxy groups -OCH3 is 1. The van der Waals surface area contributed by atoms with Crippen molar-refractivity contribution in [3.63, 3.8) is 0 Å². The fraction of sp³-hybridized carbons (Fsp3) is 0.350. The van der Waals surface area contributed by atoms with Crippen molar-refractivity contribution in [2.45, 2.75) is 12.5 Å². The zero-order valence-electron chi connectivity index (χ0n) is 14.7. The maximum atomic E-state index is 12.5. The third kappa shape index (κ3) is 4.90. The summed E-state index contributed by atoms with van der Waals surface area (Å²) in [6.07, 6.45) is 0.615. The van der Waals surface area contributed by atoms with E-state index < -0.39 is 0 Å². The van der Waals surface area contributed by atoms with Crippen molar-refractivity contribution in [2.24, 2.45) is 0 Å². The first kappa shape index (κ1) is 18.5. The van der Waals surface area contributed by atoms with Crippen LogP contribution in [0.1, 0.15) is 5.56 Å². The fourth-order valence-corrected chi connectivity index (χ4v) is 3.12. The summed E-state index contributed by atoms with van der Waals surface area (Å²) < 4.78 is 16.6. The van der Waals surface area contributed by atoms with Crippen molar-refractivity contribution in [3.8, 4) is 11.5 Å². The lowest BCUT2D eigenvalue weighted by atomic mass is 10.1. The SMILES string of the molecule is COc1cccc(OCC(=O)N2CCOC(Cc3ccccc3Cl)C2)c1. The molecule has 3 rings (SSSR count). The van der Waals surface area contributed by atoms with E-state index in [1.165, 1.54) is 0 Å². The van der Waals surface area contributed by atoms with E-state index in [-0.39, 0.29) is 18.6 Å². The van der Waals surface area contributed by atoms with Gasteiger partial charge in [0.25, 0.3) is 5.91 Å². The monoisotopic (exact) mass is 375 g/mol. The average Bonchev–Trinajstić information content (AvgIpc) is 2.68. The van der Waals surface area contributed by atoms with Crippen LogP contribution >= 0.6 is 11.6 Å². The van der Waals surface area contributed by atoms with Gasteiger partial charge >= 0.3 is 0 Å². The molecule has 0 bridgehead atoms. The van der Waals surface area contributed by atoms with Gasteiger partial charge in [0.2, 0.25) is 0 Å². The van der Waals surface area contributed by atoms with Gasteiger partial charge < -0.3 is 19.1 Å². The van der Waals surface area contributed by atoms with Gasteiger partial charge in [-0.3, -0.25) is 4.79 Å². The highest BCUT2D eigenvalue weighted by atomic mass is 35.5. The normalized spacial score (nSPS) is 17.0. The van der Waals surface area contributed by atoms with Crippen molar-refractivity contribution in [3.05, 3.63) is 59.1 Å². The number of amides is 1. The molecule has 26 heavy (non-hydrogen) atoms. The number of nitrogens with zero attached hydrogens (tertiary/aromatic N) is 1. The second-order valence-electron chi connectivity index (χ2n) is 6.10. The van der Waals surface area contributed by atoms with Crippen molar-refractivity contribution < 1.29 is 19.0 Å². The first-order valence-electron chi connectivity index (χ1n) is 8.55. The minimum absolute atomic E-state index is 0.00796. The number of carbonyl (C=O) groups excluding carboxylic acids is 1. The first-order chi connectivity index (χ1) is 12.7. The molecule has 1 amide bonds. The molecule has 1 unspecified atom stereocenters. The molecule has 1 atom stereocenters. The van der Waals surface area contributed by atoms with E-state index in [2.05, 4.69) is 0 Å². The summed E-state index contributed by atoms with van der Waals surface area (Å²) in [5, 5.41) is 0.723. The van der Waals surface area contributed by atoms with Crippen LogP contribution in [0.2, 0.25) is 5.02 Å². The number of hydrogen-bond acceptors (Lipinski definition) is 4. The van der Waals surface area contributed by atoms with E-state index in [4.69, 9.17) is 25.8 Å². The second-order valence-corrected chi connectivity index (χ2v) is 6.50. The van der Waals surface area contributed by atoms with Crippen LogP contribution in [-0.2, 0) is 16.0 Å². The highest BCUT2D eigenvalue weighted by molar-refractivity contribution is 6.31. The molecule has 1 aliphatic heterocycles. The molecular weight excluding hydrogens is 354 g/mol. The molecule has 1 saturated heterocycles. The Balaban J connectivity index is 1.53. The molecule has 1 aliphatic rings. The van der Waals surface area contributed by atoms with E-state index >= 15 is 0 Å². The Hall–Kier alpha value is -2.24. The molecule has 2 aromatic rings. The molecule has 1 fully saturated rings. The van der Waals surface area contributed by atoms with Crippen LogP contribution in [0.15, 0.2) is 48.5 Å². The van der Waals surface area contributed by atoms with E-state index in [1.54, 1.807) is 24.1 Å². The van der Waals surface area contributed by atoms with E-state index in [1.807, 2.05) is 36.4 Å². The Kier molecular flexibility index (Phi) is 6.36. The molecular formula is C20H22ClNO4. The van der Waals surface area contributed by atoms with Crippen molar-refractivity contribution in [2.75, 3.05) is 33.4 Å². The maximum Gasteiger partial charge on any atom is 0.260 e. The third-order valence-corrected chi connectivity index (χ3v) is 4.67. The summed E-state index contributed by atoms with van der Waals surface area (Å²) in [6, 6.07) is 14.9. The number of carbonyl (C=O) groups is 1. The summed E-state index contributed by atoms with van der Waals surface area (Å²) in [4.78, 5) is 14.3. The minimum Gasteiger partial charge on any atom is -0.497 e. The van der Waals surface area contributed by atoms with Gasteiger partial charge in [0.05, 0.1) is 19.8 Å². The van der Waals surface area contributed by atoms with Crippen molar-refractivity contribution in [1.29, 1.82) is 0 Å². The van der Waals surface area contributed by atoms with Gasteiger partial charge in [0.15, 0.2) is 6.61 Å². The van der Waals surface area contributed by atoms with E-state index in [9.17, 15) is 4.79 Å². The lowest BCUT2D eigenvalue weighted by molar-refractivity contribution is -0.140. The summed E-state index contributed by atoms with van der Waals surface area (Å²) in [5.41, 5.74) is 1.03. The Morgan fingerprint density at radius 1 is 1.23 bits per heavy atom. The third-order valence-electron chi connectivity index (χ3n) is 4.30. The van der Waals surface area contributed by atoms with Crippen LogP contribution in [0.3, 0.4) is 0 Å². The van der Waals surface area contributed by atoms with Crippen LogP contribution in [-0.4, -0.2) is 50.3 Å². The van der Waals surface area contributed by atoms with Gasteiger partial charge in [-0.05, 0) is 23.8 Å². The Bertz CT molecular complexity index is 752. The average molecular weight is 376 g/mol. The number of ether oxygens (including phenoxy) is 3. The molecule has 0 aliphatic carbocycles. The molecule has 5 nitrogen and oxygen atoms in total. The smallest absolute Gasteiger partial charge is 0.260 e.